The fourth-order valence-corrected chi connectivity index (χ4v) is 5.26. The molecule has 0 spiro atoms. The highest BCUT2D eigenvalue weighted by molar-refractivity contribution is 5.79. The first-order chi connectivity index (χ1) is 17.8. The predicted molar refractivity (Wildman–Crippen MR) is 137 cm³/mol. The normalized spacial score (nSPS) is 24.6. The van der Waals surface area contributed by atoms with E-state index in [1.807, 2.05) is 38.1 Å². The van der Waals surface area contributed by atoms with E-state index in [1.165, 1.54) is 6.07 Å². The zero-order valence-corrected chi connectivity index (χ0v) is 21.4. The molecule has 2 aromatic carbocycles. The monoisotopic (exact) mass is 513 g/mol. The molecule has 8 nitrogen and oxygen atoms in total. The average molecular weight is 514 g/mol. The number of likely N-dealkylation sites (N-methyl/N-ethyl adjacent to an activating group) is 1. The van der Waals surface area contributed by atoms with Crippen LogP contribution < -0.4 is 11.1 Å². The van der Waals surface area contributed by atoms with E-state index in [2.05, 4.69) is 5.32 Å². The highest BCUT2D eigenvalue weighted by atomic mass is 19.1. The first-order valence-electron chi connectivity index (χ1n) is 12.9. The van der Waals surface area contributed by atoms with Gasteiger partial charge in [0, 0.05) is 37.2 Å². The second kappa shape index (κ2) is 12.1. The van der Waals surface area contributed by atoms with Gasteiger partial charge >= 0.3 is 0 Å². The number of amides is 2. The molecule has 0 bridgehead atoms. The lowest BCUT2D eigenvalue weighted by molar-refractivity contribution is -0.155. The first-order valence-corrected chi connectivity index (χ1v) is 12.9. The molecule has 4 rings (SSSR count). The van der Waals surface area contributed by atoms with Gasteiger partial charge in [-0.1, -0.05) is 42.0 Å². The number of carbonyl (C=O) groups excluding carboxylic acids is 2. The number of rotatable bonds is 8. The van der Waals surface area contributed by atoms with Crippen LogP contribution >= 0.6 is 0 Å². The third kappa shape index (κ3) is 6.35. The highest BCUT2D eigenvalue weighted by Gasteiger charge is 2.40. The molecule has 1 saturated carbocycles. The number of nitrogens with two attached hydrogens (primary N) is 1. The van der Waals surface area contributed by atoms with Crippen LogP contribution in [0, 0.1) is 18.7 Å². The number of nitrogens with zero attached hydrogens (tertiary/aromatic N) is 1. The Morgan fingerprint density at radius 1 is 1.27 bits per heavy atom. The summed E-state index contributed by atoms with van der Waals surface area (Å²) in [7, 11) is 0. The summed E-state index contributed by atoms with van der Waals surface area (Å²) in [5.41, 5.74) is 8.54. The topological polar surface area (TPSA) is 114 Å². The molecular formula is C28H36FN3O5. The van der Waals surface area contributed by atoms with Crippen molar-refractivity contribution in [2.24, 2.45) is 11.7 Å². The van der Waals surface area contributed by atoms with E-state index >= 15 is 4.39 Å². The molecule has 1 heterocycles. The molecule has 5 atom stereocenters. The standard InChI is InChI=1S/C28H36FN3O5/c1-3-31-25(34)16-37-27(20-8-5-9-21(29)26(20)18-7-4-6-17(2)12-18)24-15-32(10-11-36-24)28(35)19-13-22(30)23(33)14-19/h4-9,12,19,22-24,27,33H,3,10-11,13-16,30H2,1-2H3,(H,31,34)/t19-,22+,23-,24+,27?/m0/s1. The van der Waals surface area contributed by atoms with Gasteiger partial charge in [-0.05, 0) is 43.9 Å². The largest absolute Gasteiger partial charge is 0.391 e. The van der Waals surface area contributed by atoms with Gasteiger partial charge in [-0.15, -0.1) is 0 Å². The van der Waals surface area contributed by atoms with E-state index in [-0.39, 0.29) is 37.5 Å². The fourth-order valence-electron chi connectivity index (χ4n) is 5.26. The van der Waals surface area contributed by atoms with Gasteiger partial charge < -0.3 is 30.5 Å². The van der Waals surface area contributed by atoms with Crippen LogP contribution in [0.5, 0.6) is 0 Å². The van der Waals surface area contributed by atoms with Crippen molar-refractivity contribution in [2.45, 2.75) is 51.0 Å². The van der Waals surface area contributed by atoms with E-state index in [0.717, 1.165) is 5.56 Å². The molecule has 2 amide bonds. The number of hydrogen-bond donors (Lipinski definition) is 3. The maximum absolute atomic E-state index is 15.3. The van der Waals surface area contributed by atoms with Gasteiger partial charge in [0.2, 0.25) is 11.8 Å². The van der Waals surface area contributed by atoms with Crippen LogP contribution in [0.3, 0.4) is 0 Å². The number of morpholine rings is 1. The Kier molecular flexibility index (Phi) is 8.91. The summed E-state index contributed by atoms with van der Waals surface area (Å²) >= 11 is 0. The minimum absolute atomic E-state index is 0.0825. The number of halogens is 1. The minimum atomic E-state index is -0.805. The lowest BCUT2D eigenvalue weighted by Gasteiger charge is -2.38. The highest BCUT2D eigenvalue weighted by Crippen LogP contribution is 2.37. The predicted octanol–water partition coefficient (Wildman–Crippen LogP) is 2.32. The zero-order chi connectivity index (χ0) is 26.5. The molecule has 2 aliphatic rings. The summed E-state index contributed by atoms with van der Waals surface area (Å²) in [6, 6.07) is 11.9. The third-order valence-electron chi connectivity index (χ3n) is 7.10. The lowest BCUT2D eigenvalue weighted by atomic mass is 9.91. The average Bonchev–Trinajstić information content (AvgIpc) is 3.22. The van der Waals surface area contributed by atoms with Crippen LogP contribution in [0.2, 0.25) is 0 Å². The second-order valence-corrected chi connectivity index (χ2v) is 9.85. The molecule has 200 valence electrons. The van der Waals surface area contributed by atoms with E-state index in [4.69, 9.17) is 15.2 Å². The quantitative estimate of drug-likeness (QED) is 0.499. The summed E-state index contributed by atoms with van der Waals surface area (Å²) in [5, 5.41) is 12.8. The van der Waals surface area contributed by atoms with Gasteiger partial charge in [-0.25, -0.2) is 4.39 Å². The Morgan fingerprint density at radius 2 is 2.05 bits per heavy atom. The summed E-state index contributed by atoms with van der Waals surface area (Å²) in [4.78, 5) is 27.3. The van der Waals surface area contributed by atoms with Crippen molar-refractivity contribution in [3.63, 3.8) is 0 Å². The van der Waals surface area contributed by atoms with Crippen molar-refractivity contribution < 1.29 is 28.6 Å². The van der Waals surface area contributed by atoms with Crippen LogP contribution in [-0.4, -0.2) is 72.9 Å². The van der Waals surface area contributed by atoms with E-state index < -0.39 is 30.2 Å². The molecule has 4 N–H and O–H groups in total. The number of aliphatic hydroxyl groups is 1. The van der Waals surface area contributed by atoms with E-state index in [0.29, 0.717) is 42.6 Å². The number of carbonyl (C=O) groups is 2. The molecule has 37 heavy (non-hydrogen) atoms. The van der Waals surface area contributed by atoms with Gasteiger partial charge in [0.1, 0.15) is 24.6 Å². The zero-order valence-electron chi connectivity index (χ0n) is 21.4. The van der Waals surface area contributed by atoms with Crippen molar-refractivity contribution >= 4 is 11.8 Å². The Balaban J connectivity index is 1.65. The lowest BCUT2D eigenvalue weighted by Crippen LogP contribution is -2.50. The third-order valence-corrected chi connectivity index (χ3v) is 7.10. The van der Waals surface area contributed by atoms with Crippen LogP contribution in [0.4, 0.5) is 4.39 Å². The molecular weight excluding hydrogens is 477 g/mol. The number of aryl methyl sites for hydroxylation is 1. The molecule has 1 unspecified atom stereocenters. The molecule has 1 aliphatic carbocycles. The van der Waals surface area contributed by atoms with Gasteiger partial charge in [-0.2, -0.15) is 0 Å². The van der Waals surface area contributed by atoms with Gasteiger partial charge in [0.15, 0.2) is 0 Å². The molecule has 0 radical (unpaired) electrons. The van der Waals surface area contributed by atoms with Gasteiger partial charge in [0.25, 0.3) is 0 Å². The number of ether oxygens (including phenoxy) is 2. The summed E-state index contributed by atoms with van der Waals surface area (Å²) in [6.45, 7) is 4.86. The summed E-state index contributed by atoms with van der Waals surface area (Å²) in [5.74, 6) is -1.14. The number of nitrogens with one attached hydrogen (secondary N) is 1. The smallest absolute Gasteiger partial charge is 0.246 e. The first kappa shape index (κ1) is 27.2. The number of benzene rings is 2. The van der Waals surface area contributed by atoms with Crippen LogP contribution in [0.1, 0.15) is 37.0 Å². The molecule has 9 heteroatoms. The molecule has 2 aromatic rings. The van der Waals surface area contributed by atoms with Crippen LogP contribution in [0.25, 0.3) is 11.1 Å². The Morgan fingerprint density at radius 3 is 2.76 bits per heavy atom. The van der Waals surface area contributed by atoms with Crippen LogP contribution in [-0.2, 0) is 19.1 Å². The van der Waals surface area contributed by atoms with E-state index in [1.54, 1.807) is 17.0 Å². The minimum Gasteiger partial charge on any atom is -0.391 e. The number of hydrogen-bond acceptors (Lipinski definition) is 6. The van der Waals surface area contributed by atoms with E-state index in [9.17, 15) is 14.7 Å². The Labute approximate surface area is 216 Å². The maximum atomic E-state index is 15.3. The molecule has 1 saturated heterocycles. The maximum Gasteiger partial charge on any atom is 0.246 e. The molecule has 2 fully saturated rings. The fraction of sp³-hybridized carbons (Fsp3) is 0.500. The van der Waals surface area contributed by atoms with Crippen LogP contribution in [0.15, 0.2) is 42.5 Å². The summed E-state index contributed by atoms with van der Waals surface area (Å²) in [6.07, 6.45) is -1.36. The van der Waals surface area contributed by atoms with Gasteiger partial charge in [-0.3, -0.25) is 9.59 Å². The molecule has 1 aliphatic heterocycles. The Hall–Kier alpha value is -2.85. The van der Waals surface area contributed by atoms with Crippen molar-refractivity contribution in [1.29, 1.82) is 0 Å². The molecule has 0 aromatic heterocycles. The Bertz CT molecular complexity index is 1100. The van der Waals surface area contributed by atoms with Crippen molar-refractivity contribution in [3.8, 4) is 11.1 Å². The SMILES string of the molecule is CCNC(=O)COC(c1cccc(F)c1-c1cccc(C)c1)[C@H]1CN(C(=O)[C@H]2C[C@@H](N)[C@@H](O)C2)CCO1. The summed E-state index contributed by atoms with van der Waals surface area (Å²) < 4.78 is 27.5. The van der Waals surface area contributed by atoms with Gasteiger partial charge in [0.05, 0.1) is 12.7 Å². The van der Waals surface area contributed by atoms with Crippen molar-refractivity contribution in [3.05, 3.63) is 59.4 Å². The van der Waals surface area contributed by atoms with Crippen molar-refractivity contribution in [1.82, 2.24) is 10.2 Å². The number of aliphatic hydroxyl groups excluding tert-OH is 1. The second-order valence-electron chi connectivity index (χ2n) is 9.85. The van der Waals surface area contributed by atoms with Crippen molar-refractivity contribution in [2.75, 3.05) is 32.8 Å².